The summed E-state index contributed by atoms with van der Waals surface area (Å²) in [6.45, 7) is 4.82. The first-order chi connectivity index (χ1) is 13.7. The van der Waals surface area contributed by atoms with Crippen LogP contribution in [0.4, 0.5) is 0 Å². The number of para-hydroxylation sites is 1. The Bertz CT molecular complexity index is 927. The molecule has 0 atom stereocenters. The Morgan fingerprint density at radius 3 is 2.93 bits per heavy atom. The summed E-state index contributed by atoms with van der Waals surface area (Å²) in [6, 6.07) is 10.8. The number of benzene rings is 1. The van der Waals surface area contributed by atoms with Gasteiger partial charge in [-0.3, -0.25) is 9.36 Å². The van der Waals surface area contributed by atoms with Gasteiger partial charge in [-0.05, 0) is 24.3 Å². The van der Waals surface area contributed by atoms with Crippen molar-refractivity contribution in [1.29, 1.82) is 0 Å². The van der Waals surface area contributed by atoms with Crippen molar-refractivity contribution in [2.24, 2.45) is 0 Å². The molecule has 0 spiro atoms. The molecule has 7 nitrogen and oxygen atoms in total. The van der Waals surface area contributed by atoms with E-state index < -0.39 is 0 Å². The van der Waals surface area contributed by atoms with E-state index in [1.54, 1.807) is 36.6 Å². The number of nitrogens with one attached hydrogen (secondary N) is 1. The van der Waals surface area contributed by atoms with Crippen molar-refractivity contribution >= 4 is 29.3 Å². The number of hydrogen-bond donors (Lipinski definition) is 1. The molecule has 0 aliphatic rings. The Kier molecular flexibility index (Phi) is 7.16. The maximum absolute atomic E-state index is 12.0. The molecular formula is C19H19ClN4O3S. The van der Waals surface area contributed by atoms with E-state index in [1.165, 1.54) is 11.8 Å². The van der Waals surface area contributed by atoms with Gasteiger partial charge in [0, 0.05) is 6.54 Å². The first-order valence-electron chi connectivity index (χ1n) is 8.49. The van der Waals surface area contributed by atoms with Crippen LogP contribution in [0.1, 0.15) is 11.6 Å². The first kappa shape index (κ1) is 20.0. The SMILES string of the molecule is C=CCn1c(COc2ccccc2Cl)nnc1SCC(=O)NCc1ccco1. The molecule has 2 aromatic heterocycles. The van der Waals surface area contributed by atoms with Crippen LogP contribution in [0.15, 0.2) is 64.9 Å². The summed E-state index contributed by atoms with van der Waals surface area (Å²) in [7, 11) is 0. The van der Waals surface area contributed by atoms with Crippen LogP contribution in [0, 0.1) is 0 Å². The van der Waals surface area contributed by atoms with Gasteiger partial charge in [0.15, 0.2) is 11.0 Å². The molecule has 146 valence electrons. The number of amides is 1. The summed E-state index contributed by atoms with van der Waals surface area (Å²) < 4.78 is 12.8. The molecule has 1 amide bonds. The van der Waals surface area contributed by atoms with Crippen molar-refractivity contribution in [3.8, 4) is 5.75 Å². The van der Waals surface area contributed by atoms with E-state index in [4.69, 9.17) is 20.8 Å². The summed E-state index contributed by atoms with van der Waals surface area (Å²) in [6.07, 6.45) is 3.31. The molecule has 1 aromatic carbocycles. The van der Waals surface area contributed by atoms with Crippen LogP contribution in [0.2, 0.25) is 5.02 Å². The van der Waals surface area contributed by atoms with E-state index in [9.17, 15) is 4.79 Å². The van der Waals surface area contributed by atoms with Crippen molar-refractivity contribution in [3.05, 3.63) is 71.9 Å². The minimum Gasteiger partial charge on any atom is -0.484 e. The van der Waals surface area contributed by atoms with Gasteiger partial charge in [-0.1, -0.05) is 41.6 Å². The number of ether oxygens (including phenoxy) is 1. The van der Waals surface area contributed by atoms with Crippen LogP contribution in [0.3, 0.4) is 0 Å². The van der Waals surface area contributed by atoms with Gasteiger partial charge < -0.3 is 14.5 Å². The van der Waals surface area contributed by atoms with Crippen molar-refractivity contribution in [1.82, 2.24) is 20.1 Å². The fourth-order valence-corrected chi connectivity index (χ4v) is 3.32. The van der Waals surface area contributed by atoms with E-state index >= 15 is 0 Å². The summed E-state index contributed by atoms with van der Waals surface area (Å²) in [5.74, 6) is 1.99. The molecule has 0 radical (unpaired) electrons. The minimum atomic E-state index is -0.122. The molecule has 0 aliphatic carbocycles. The Balaban J connectivity index is 1.57. The Hall–Kier alpha value is -2.71. The van der Waals surface area contributed by atoms with Crippen LogP contribution in [0.5, 0.6) is 5.75 Å². The molecule has 0 saturated carbocycles. The van der Waals surface area contributed by atoms with Gasteiger partial charge in [-0.25, -0.2) is 0 Å². The third-order valence-electron chi connectivity index (χ3n) is 3.67. The summed E-state index contributed by atoms with van der Waals surface area (Å²) >= 11 is 7.40. The smallest absolute Gasteiger partial charge is 0.230 e. The number of aromatic nitrogens is 3. The normalized spacial score (nSPS) is 10.6. The van der Waals surface area contributed by atoms with Crippen molar-refractivity contribution in [2.75, 3.05) is 5.75 Å². The molecule has 0 saturated heterocycles. The van der Waals surface area contributed by atoms with E-state index in [1.807, 2.05) is 16.7 Å². The lowest BCUT2D eigenvalue weighted by Gasteiger charge is -2.10. The average Bonchev–Trinajstić information content (AvgIpc) is 3.35. The molecule has 0 fully saturated rings. The summed E-state index contributed by atoms with van der Waals surface area (Å²) in [4.78, 5) is 12.0. The fraction of sp³-hybridized carbons (Fsp3) is 0.211. The number of hydrogen-bond acceptors (Lipinski definition) is 6. The molecule has 28 heavy (non-hydrogen) atoms. The number of carbonyl (C=O) groups is 1. The zero-order valence-electron chi connectivity index (χ0n) is 15.0. The second-order valence-corrected chi connectivity index (χ2v) is 7.01. The zero-order chi connectivity index (χ0) is 19.8. The van der Waals surface area contributed by atoms with Gasteiger partial charge in [0.1, 0.15) is 18.1 Å². The van der Waals surface area contributed by atoms with Gasteiger partial charge in [-0.2, -0.15) is 0 Å². The molecular weight excluding hydrogens is 400 g/mol. The van der Waals surface area contributed by atoms with Gasteiger partial charge >= 0.3 is 0 Å². The fourth-order valence-electron chi connectivity index (χ4n) is 2.33. The van der Waals surface area contributed by atoms with Crippen molar-refractivity contribution in [3.63, 3.8) is 0 Å². The largest absolute Gasteiger partial charge is 0.484 e. The zero-order valence-corrected chi connectivity index (χ0v) is 16.6. The number of nitrogens with zero attached hydrogens (tertiary/aromatic N) is 3. The second kappa shape index (κ2) is 10.0. The third-order valence-corrected chi connectivity index (χ3v) is 4.95. The highest BCUT2D eigenvalue weighted by Crippen LogP contribution is 2.24. The quantitative estimate of drug-likeness (QED) is 0.399. The maximum atomic E-state index is 12.0. The third kappa shape index (κ3) is 5.40. The standard InChI is InChI=1S/C19H19ClN4O3S/c1-2-9-24-17(12-27-16-8-4-3-7-15(16)20)22-23-19(24)28-13-18(25)21-11-14-6-5-10-26-14/h2-8,10H,1,9,11-13H2,(H,21,25). The Morgan fingerprint density at radius 2 is 2.18 bits per heavy atom. The average molecular weight is 419 g/mol. The topological polar surface area (TPSA) is 82.2 Å². The maximum Gasteiger partial charge on any atom is 0.230 e. The highest BCUT2D eigenvalue weighted by Gasteiger charge is 2.14. The predicted octanol–water partition coefficient (Wildman–Crippen LogP) is 3.70. The molecule has 2 heterocycles. The van der Waals surface area contributed by atoms with E-state index in [-0.39, 0.29) is 18.3 Å². The monoisotopic (exact) mass is 418 g/mol. The molecule has 9 heteroatoms. The summed E-state index contributed by atoms with van der Waals surface area (Å²) in [5, 5.41) is 12.3. The van der Waals surface area contributed by atoms with Crippen LogP contribution in [-0.4, -0.2) is 26.4 Å². The van der Waals surface area contributed by atoms with E-state index in [0.717, 1.165) is 0 Å². The summed E-state index contributed by atoms with van der Waals surface area (Å²) in [5.41, 5.74) is 0. The molecule has 0 aliphatic heterocycles. The van der Waals surface area contributed by atoms with Crippen molar-refractivity contribution in [2.45, 2.75) is 24.9 Å². The number of carbonyl (C=O) groups excluding carboxylic acids is 1. The lowest BCUT2D eigenvalue weighted by atomic mass is 10.3. The number of allylic oxidation sites excluding steroid dienone is 1. The molecule has 0 bridgehead atoms. The van der Waals surface area contributed by atoms with E-state index in [0.29, 0.717) is 40.6 Å². The van der Waals surface area contributed by atoms with Crippen LogP contribution in [-0.2, 0) is 24.5 Å². The molecule has 1 N–H and O–H groups in total. The lowest BCUT2D eigenvalue weighted by molar-refractivity contribution is -0.118. The van der Waals surface area contributed by atoms with E-state index in [2.05, 4.69) is 22.1 Å². The minimum absolute atomic E-state index is 0.122. The molecule has 0 unspecified atom stereocenters. The highest BCUT2D eigenvalue weighted by molar-refractivity contribution is 7.99. The second-order valence-electron chi connectivity index (χ2n) is 5.66. The Labute approximate surface area is 171 Å². The van der Waals surface area contributed by atoms with Gasteiger partial charge in [-0.15, -0.1) is 16.8 Å². The number of thioether (sulfide) groups is 1. The predicted molar refractivity (Wildman–Crippen MR) is 107 cm³/mol. The molecule has 3 aromatic rings. The number of rotatable bonds is 10. The van der Waals surface area contributed by atoms with Gasteiger partial charge in [0.25, 0.3) is 0 Å². The molecule has 3 rings (SSSR count). The van der Waals surface area contributed by atoms with Crippen LogP contribution in [0.25, 0.3) is 0 Å². The lowest BCUT2D eigenvalue weighted by Crippen LogP contribution is -2.24. The first-order valence-corrected chi connectivity index (χ1v) is 9.86. The Morgan fingerprint density at radius 1 is 1.32 bits per heavy atom. The number of furan rings is 1. The van der Waals surface area contributed by atoms with Crippen LogP contribution >= 0.6 is 23.4 Å². The van der Waals surface area contributed by atoms with Gasteiger partial charge in [0.2, 0.25) is 5.91 Å². The van der Waals surface area contributed by atoms with Crippen molar-refractivity contribution < 1.29 is 13.9 Å². The number of halogens is 1. The highest BCUT2D eigenvalue weighted by atomic mass is 35.5. The van der Waals surface area contributed by atoms with Gasteiger partial charge in [0.05, 0.1) is 23.6 Å². The van der Waals surface area contributed by atoms with Crippen LogP contribution < -0.4 is 10.1 Å².